The molecule has 0 aliphatic rings. The summed E-state index contributed by atoms with van der Waals surface area (Å²) in [5.41, 5.74) is 0. The Kier molecular flexibility index (Phi) is 3.66. The van der Waals surface area contributed by atoms with Crippen LogP contribution in [0, 0.1) is 0 Å². The van der Waals surface area contributed by atoms with Crippen LogP contribution < -0.4 is 5.32 Å². The Labute approximate surface area is 49.1 Å². The zero-order chi connectivity index (χ0) is 6.41. The van der Waals surface area contributed by atoms with Gasteiger partial charge >= 0.3 is 0 Å². The third-order valence-electron chi connectivity index (χ3n) is 0.616. The van der Waals surface area contributed by atoms with Gasteiger partial charge in [0.2, 0.25) is 0 Å². The third kappa shape index (κ3) is 2.23. The van der Waals surface area contributed by atoms with Gasteiger partial charge in [0.25, 0.3) is 6.02 Å². The molecule has 0 amide bonds. The zero-order valence-electron chi connectivity index (χ0n) is 5.14. The van der Waals surface area contributed by atoms with Crippen LogP contribution in [0.4, 0.5) is 0 Å². The molecule has 0 bridgehead atoms. The predicted molar refractivity (Wildman–Crippen MR) is 33.7 cm³/mol. The van der Waals surface area contributed by atoms with Crippen LogP contribution in [0.15, 0.2) is 17.8 Å². The highest BCUT2D eigenvalue weighted by atomic mass is 16.5. The van der Waals surface area contributed by atoms with Crippen molar-refractivity contribution < 1.29 is 4.74 Å². The van der Waals surface area contributed by atoms with Crippen LogP contribution in [0.1, 0.15) is 0 Å². The summed E-state index contributed by atoms with van der Waals surface area (Å²) in [7, 11) is 3.27. The highest BCUT2D eigenvalue weighted by molar-refractivity contribution is 5.73. The Morgan fingerprint density at radius 1 is 1.88 bits per heavy atom. The Morgan fingerprint density at radius 3 is 2.62 bits per heavy atom. The van der Waals surface area contributed by atoms with Crippen molar-refractivity contribution in [2.45, 2.75) is 0 Å². The van der Waals surface area contributed by atoms with Crippen molar-refractivity contribution in [3.05, 3.63) is 12.8 Å². The molecule has 0 fully saturated rings. The number of aliphatic imine (C=N–C) groups is 1. The lowest BCUT2D eigenvalue weighted by Gasteiger charge is -1.98. The van der Waals surface area contributed by atoms with Gasteiger partial charge in [-0.1, -0.05) is 6.58 Å². The van der Waals surface area contributed by atoms with Crippen molar-refractivity contribution in [2.75, 3.05) is 14.2 Å². The molecule has 0 saturated carbocycles. The zero-order valence-corrected chi connectivity index (χ0v) is 5.14. The van der Waals surface area contributed by atoms with Gasteiger partial charge < -0.3 is 10.1 Å². The van der Waals surface area contributed by atoms with Crippen LogP contribution >= 0.6 is 0 Å². The van der Waals surface area contributed by atoms with Crippen LogP contribution in [0.2, 0.25) is 0 Å². The summed E-state index contributed by atoms with van der Waals surface area (Å²) in [6, 6.07) is 0.472. The van der Waals surface area contributed by atoms with E-state index in [1.165, 1.54) is 6.20 Å². The first-order chi connectivity index (χ1) is 3.85. The molecule has 1 N–H and O–H groups in total. The molecule has 46 valence electrons. The highest BCUT2D eigenvalue weighted by Crippen LogP contribution is 1.72. The second-order valence-corrected chi connectivity index (χ2v) is 1.07. The molecule has 3 nitrogen and oxygen atoms in total. The van der Waals surface area contributed by atoms with Crippen molar-refractivity contribution in [1.29, 1.82) is 0 Å². The Hall–Kier alpha value is -0.990. The molecule has 0 atom stereocenters. The van der Waals surface area contributed by atoms with E-state index < -0.39 is 0 Å². The van der Waals surface area contributed by atoms with Crippen LogP contribution in [0.5, 0.6) is 0 Å². The van der Waals surface area contributed by atoms with Gasteiger partial charge in [0, 0.05) is 13.2 Å². The molecule has 0 saturated heterocycles. The van der Waals surface area contributed by atoms with E-state index in [1.807, 2.05) is 0 Å². The molecule has 0 radical (unpaired) electrons. The Balaban J connectivity index is 3.66. The van der Waals surface area contributed by atoms with Crippen molar-refractivity contribution >= 4 is 6.02 Å². The normalized spacial score (nSPS) is 10.5. The van der Waals surface area contributed by atoms with Crippen LogP contribution in [-0.2, 0) is 4.74 Å². The lowest BCUT2D eigenvalue weighted by Crippen LogP contribution is -2.19. The number of nitrogens with zero attached hydrogens (tertiary/aromatic N) is 1. The minimum Gasteiger partial charge on any atom is -0.468 e. The number of methoxy groups -OCH3 is 1. The average molecular weight is 114 g/mol. The number of rotatable bonds is 1. The lowest BCUT2D eigenvalue weighted by atomic mass is 10.9. The summed E-state index contributed by atoms with van der Waals surface area (Å²) in [6.07, 6.45) is 1.41. The molecule has 0 unspecified atom stereocenters. The maximum absolute atomic E-state index is 4.71. The number of nitrogens with one attached hydrogen (secondary N) is 1. The monoisotopic (exact) mass is 114 g/mol. The lowest BCUT2D eigenvalue weighted by molar-refractivity contribution is 0.385. The van der Waals surface area contributed by atoms with E-state index >= 15 is 0 Å². The van der Waals surface area contributed by atoms with E-state index in [2.05, 4.69) is 16.9 Å². The molecule has 0 aliphatic carbocycles. The third-order valence-corrected chi connectivity index (χ3v) is 0.616. The van der Waals surface area contributed by atoms with E-state index in [1.54, 1.807) is 14.2 Å². The molecular weight excluding hydrogens is 104 g/mol. The molecule has 0 spiro atoms. The largest absolute Gasteiger partial charge is 0.468 e. The Morgan fingerprint density at radius 2 is 2.50 bits per heavy atom. The van der Waals surface area contributed by atoms with Crippen LogP contribution in [0.3, 0.4) is 0 Å². The summed E-state index contributed by atoms with van der Waals surface area (Å²) >= 11 is 0. The van der Waals surface area contributed by atoms with E-state index in [0.717, 1.165) is 0 Å². The van der Waals surface area contributed by atoms with E-state index in [0.29, 0.717) is 6.02 Å². The molecule has 0 aromatic heterocycles. The molecule has 0 rings (SSSR count). The second kappa shape index (κ2) is 4.18. The average Bonchev–Trinajstić information content (AvgIpc) is 1.83. The molecule has 0 aliphatic heterocycles. The summed E-state index contributed by atoms with van der Waals surface area (Å²) in [5, 5.41) is 2.71. The van der Waals surface area contributed by atoms with Gasteiger partial charge in [-0.15, -0.1) is 0 Å². The number of hydrogen-bond donors (Lipinski definition) is 1. The SMILES string of the molecule is C=C/N=C(/NC)OC. The van der Waals surface area contributed by atoms with Gasteiger partial charge in [0.05, 0.1) is 7.11 Å². The second-order valence-electron chi connectivity index (χ2n) is 1.07. The van der Waals surface area contributed by atoms with E-state index in [4.69, 9.17) is 4.74 Å². The summed E-state index contributed by atoms with van der Waals surface area (Å²) in [5.74, 6) is 0. The van der Waals surface area contributed by atoms with Crippen molar-refractivity contribution in [3.63, 3.8) is 0 Å². The fourth-order valence-electron chi connectivity index (χ4n) is 0.302. The quantitative estimate of drug-likeness (QED) is 0.394. The van der Waals surface area contributed by atoms with Gasteiger partial charge in [-0.2, -0.15) is 0 Å². The van der Waals surface area contributed by atoms with Crippen molar-refractivity contribution in [1.82, 2.24) is 5.32 Å². The Bertz CT molecular complexity index is 92.6. The maximum Gasteiger partial charge on any atom is 0.288 e. The maximum atomic E-state index is 4.71. The minimum atomic E-state index is 0.472. The fourth-order valence-corrected chi connectivity index (χ4v) is 0.302. The van der Waals surface area contributed by atoms with Crippen molar-refractivity contribution in [3.8, 4) is 0 Å². The number of ether oxygens (including phenoxy) is 1. The molecule has 0 aromatic rings. The molecule has 0 aromatic carbocycles. The smallest absolute Gasteiger partial charge is 0.288 e. The first-order valence-electron chi connectivity index (χ1n) is 2.25. The fraction of sp³-hybridized carbons (Fsp3) is 0.400. The van der Waals surface area contributed by atoms with Gasteiger partial charge in [-0.05, 0) is 0 Å². The first-order valence-corrected chi connectivity index (χ1v) is 2.25. The first kappa shape index (κ1) is 7.01. The summed E-state index contributed by atoms with van der Waals surface area (Å²) < 4.78 is 4.71. The van der Waals surface area contributed by atoms with Crippen molar-refractivity contribution in [2.24, 2.45) is 4.99 Å². The number of hydrogen-bond acceptors (Lipinski definition) is 2. The highest BCUT2D eigenvalue weighted by Gasteiger charge is 1.84. The summed E-state index contributed by atoms with van der Waals surface area (Å²) in [4.78, 5) is 3.71. The van der Waals surface area contributed by atoms with Gasteiger partial charge in [-0.3, -0.25) is 0 Å². The minimum absolute atomic E-state index is 0.472. The topological polar surface area (TPSA) is 33.6 Å². The molecule has 8 heavy (non-hydrogen) atoms. The molecular formula is C5H10N2O. The van der Waals surface area contributed by atoms with Gasteiger partial charge in [-0.25, -0.2) is 4.99 Å². The standard InChI is InChI=1S/C5H10N2O/c1-4-7-5(6-2)8-3/h4H,1H2,2-3H3,(H,6,7). The molecule has 0 heterocycles. The van der Waals surface area contributed by atoms with Gasteiger partial charge in [0.1, 0.15) is 0 Å². The molecule has 3 heteroatoms. The van der Waals surface area contributed by atoms with Gasteiger partial charge in [0.15, 0.2) is 0 Å². The summed E-state index contributed by atoms with van der Waals surface area (Å²) in [6.45, 7) is 3.39. The predicted octanol–water partition coefficient (Wildman–Crippen LogP) is 0.352. The van der Waals surface area contributed by atoms with E-state index in [9.17, 15) is 0 Å². The van der Waals surface area contributed by atoms with Crippen LogP contribution in [0.25, 0.3) is 0 Å². The number of amidine groups is 1. The van der Waals surface area contributed by atoms with Crippen LogP contribution in [-0.4, -0.2) is 20.2 Å². The van der Waals surface area contributed by atoms with E-state index in [-0.39, 0.29) is 0 Å².